The molecule has 0 unspecified atom stereocenters. The van der Waals surface area contributed by atoms with Gasteiger partial charge in [0.25, 0.3) is 5.56 Å². The SMILES string of the molecule is O=C(O)C[C@@H](NS(=O)(=O)c1c[nH]c(=O)[nH]c1=O)C(=O)O. The van der Waals surface area contributed by atoms with Crippen LogP contribution in [0.2, 0.25) is 0 Å². The van der Waals surface area contributed by atoms with Crippen molar-refractivity contribution in [2.75, 3.05) is 0 Å². The van der Waals surface area contributed by atoms with Gasteiger partial charge in [0.2, 0.25) is 10.0 Å². The average Bonchev–Trinajstić information content (AvgIpc) is 2.26. The molecule has 12 heteroatoms. The number of sulfonamides is 1. The van der Waals surface area contributed by atoms with Gasteiger partial charge < -0.3 is 15.2 Å². The minimum Gasteiger partial charge on any atom is -0.481 e. The number of rotatable bonds is 6. The van der Waals surface area contributed by atoms with Crippen LogP contribution in [0.5, 0.6) is 0 Å². The molecule has 1 aromatic rings. The van der Waals surface area contributed by atoms with Gasteiger partial charge in [-0.2, -0.15) is 4.72 Å². The molecule has 1 atom stereocenters. The van der Waals surface area contributed by atoms with Crippen LogP contribution in [0.4, 0.5) is 0 Å². The van der Waals surface area contributed by atoms with Crippen molar-refractivity contribution in [1.82, 2.24) is 14.7 Å². The molecular formula is C8H9N3O8S. The lowest BCUT2D eigenvalue weighted by Gasteiger charge is -2.11. The van der Waals surface area contributed by atoms with E-state index in [1.165, 1.54) is 0 Å². The zero-order valence-corrected chi connectivity index (χ0v) is 10.4. The topological polar surface area (TPSA) is 186 Å². The first-order valence-corrected chi connectivity index (χ1v) is 6.40. The number of aromatic nitrogens is 2. The molecule has 0 amide bonds. The van der Waals surface area contributed by atoms with Crippen LogP contribution < -0.4 is 16.0 Å². The highest BCUT2D eigenvalue weighted by atomic mass is 32.2. The Bertz CT molecular complexity index is 745. The van der Waals surface area contributed by atoms with Crippen molar-refractivity contribution in [3.05, 3.63) is 27.0 Å². The van der Waals surface area contributed by atoms with Crippen LogP contribution >= 0.6 is 0 Å². The van der Waals surface area contributed by atoms with Crippen molar-refractivity contribution in [2.24, 2.45) is 0 Å². The fourth-order valence-corrected chi connectivity index (χ4v) is 2.40. The fraction of sp³-hybridized carbons (Fsp3) is 0.250. The lowest BCUT2D eigenvalue weighted by Crippen LogP contribution is -2.44. The molecule has 0 spiro atoms. The zero-order valence-electron chi connectivity index (χ0n) is 9.61. The number of aliphatic carboxylic acids is 2. The number of carboxylic acid groups (broad SMARTS) is 2. The molecule has 0 aliphatic heterocycles. The van der Waals surface area contributed by atoms with Gasteiger partial charge in [0.15, 0.2) is 4.90 Å². The Kier molecular flexibility index (Phi) is 4.41. The Labute approximate surface area is 110 Å². The lowest BCUT2D eigenvalue weighted by atomic mass is 10.2. The third kappa shape index (κ3) is 3.76. The molecule has 20 heavy (non-hydrogen) atoms. The van der Waals surface area contributed by atoms with Gasteiger partial charge in [0.1, 0.15) is 6.04 Å². The van der Waals surface area contributed by atoms with E-state index in [4.69, 9.17) is 10.2 Å². The first kappa shape index (κ1) is 15.6. The molecule has 0 aromatic carbocycles. The second-order valence-corrected chi connectivity index (χ2v) is 5.23. The Morgan fingerprint density at radius 1 is 1.30 bits per heavy atom. The number of hydrogen-bond donors (Lipinski definition) is 5. The lowest BCUT2D eigenvalue weighted by molar-refractivity contribution is -0.145. The Morgan fingerprint density at radius 2 is 1.90 bits per heavy atom. The molecule has 0 fully saturated rings. The molecule has 0 saturated carbocycles. The van der Waals surface area contributed by atoms with Crippen LogP contribution in [-0.4, -0.2) is 46.6 Å². The summed E-state index contributed by atoms with van der Waals surface area (Å²) in [5.41, 5.74) is -2.21. The van der Waals surface area contributed by atoms with Gasteiger partial charge in [-0.3, -0.25) is 19.4 Å². The summed E-state index contributed by atoms with van der Waals surface area (Å²) in [6, 6.07) is -1.95. The van der Waals surface area contributed by atoms with Crippen LogP contribution in [0.25, 0.3) is 0 Å². The molecule has 5 N–H and O–H groups in total. The Morgan fingerprint density at radius 3 is 2.35 bits per heavy atom. The van der Waals surface area contributed by atoms with Gasteiger partial charge in [-0.05, 0) is 0 Å². The molecule has 11 nitrogen and oxygen atoms in total. The smallest absolute Gasteiger partial charge is 0.325 e. The van der Waals surface area contributed by atoms with E-state index in [2.05, 4.69) is 0 Å². The normalized spacial score (nSPS) is 12.8. The van der Waals surface area contributed by atoms with E-state index >= 15 is 0 Å². The van der Waals surface area contributed by atoms with E-state index in [0.717, 1.165) is 0 Å². The predicted molar refractivity (Wildman–Crippen MR) is 61.7 cm³/mol. The van der Waals surface area contributed by atoms with Crippen LogP contribution in [0.15, 0.2) is 20.7 Å². The molecule has 1 rings (SSSR count). The van der Waals surface area contributed by atoms with Crippen LogP contribution in [-0.2, 0) is 19.6 Å². The molecule has 0 aliphatic carbocycles. The summed E-state index contributed by atoms with van der Waals surface area (Å²) in [6.07, 6.45) is -0.445. The van der Waals surface area contributed by atoms with Crippen molar-refractivity contribution in [1.29, 1.82) is 0 Å². The fourth-order valence-electron chi connectivity index (χ4n) is 1.20. The highest BCUT2D eigenvalue weighted by molar-refractivity contribution is 7.89. The van der Waals surface area contributed by atoms with Gasteiger partial charge in [-0.25, -0.2) is 13.2 Å². The van der Waals surface area contributed by atoms with Crippen molar-refractivity contribution in [3.63, 3.8) is 0 Å². The van der Waals surface area contributed by atoms with Crippen LogP contribution in [0.3, 0.4) is 0 Å². The monoisotopic (exact) mass is 307 g/mol. The van der Waals surface area contributed by atoms with E-state index < -0.39 is 50.6 Å². The zero-order chi connectivity index (χ0) is 15.5. The third-order valence-electron chi connectivity index (χ3n) is 2.05. The quantitative estimate of drug-likeness (QED) is 0.374. The summed E-state index contributed by atoms with van der Waals surface area (Å²) >= 11 is 0. The first-order valence-electron chi connectivity index (χ1n) is 4.92. The standard InChI is InChI=1S/C8H9N3O8S/c12-5(13)1-3(7(15)16)11-20(18,19)4-2-9-8(17)10-6(4)14/h2-3,11H,1H2,(H,12,13)(H,15,16)(H2,9,10,14,17)/t3-/m1/s1. The van der Waals surface area contributed by atoms with Crippen molar-refractivity contribution in [3.8, 4) is 0 Å². The number of hydrogen-bond acceptors (Lipinski definition) is 6. The summed E-state index contributed by atoms with van der Waals surface area (Å²) < 4.78 is 25.1. The van der Waals surface area contributed by atoms with E-state index in [1.54, 1.807) is 9.71 Å². The molecule has 1 heterocycles. The second-order valence-electron chi connectivity index (χ2n) is 3.55. The minimum absolute atomic E-state index is 0.573. The van der Waals surface area contributed by atoms with Gasteiger partial charge in [0.05, 0.1) is 6.42 Å². The molecule has 0 bridgehead atoms. The van der Waals surface area contributed by atoms with Crippen molar-refractivity contribution >= 4 is 22.0 Å². The highest BCUT2D eigenvalue weighted by Crippen LogP contribution is 2.03. The van der Waals surface area contributed by atoms with Gasteiger partial charge >= 0.3 is 17.6 Å². The van der Waals surface area contributed by atoms with Gasteiger partial charge in [0, 0.05) is 6.20 Å². The van der Waals surface area contributed by atoms with Crippen LogP contribution in [0.1, 0.15) is 6.42 Å². The molecule has 0 aliphatic rings. The molecular weight excluding hydrogens is 298 g/mol. The number of aromatic amines is 2. The predicted octanol–water partition coefficient (Wildman–Crippen LogP) is -2.73. The Balaban J connectivity index is 3.16. The van der Waals surface area contributed by atoms with E-state index in [9.17, 15) is 27.6 Å². The largest absolute Gasteiger partial charge is 0.481 e. The number of nitrogens with one attached hydrogen (secondary N) is 3. The van der Waals surface area contributed by atoms with E-state index in [1.807, 2.05) is 4.98 Å². The molecule has 110 valence electrons. The summed E-state index contributed by atoms with van der Waals surface area (Å²) in [5, 5.41) is 17.2. The van der Waals surface area contributed by atoms with Crippen LogP contribution in [0, 0.1) is 0 Å². The number of H-pyrrole nitrogens is 2. The van der Waals surface area contributed by atoms with Crippen molar-refractivity contribution in [2.45, 2.75) is 17.4 Å². The number of carbonyl (C=O) groups is 2. The van der Waals surface area contributed by atoms with E-state index in [-0.39, 0.29) is 0 Å². The molecule has 1 aromatic heterocycles. The average molecular weight is 307 g/mol. The molecule has 0 radical (unpaired) electrons. The second kappa shape index (κ2) is 5.66. The van der Waals surface area contributed by atoms with Crippen molar-refractivity contribution < 1.29 is 28.2 Å². The number of carboxylic acids is 2. The summed E-state index contributed by atoms with van der Waals surface area (Å²) in [5.74, 6) is -3.27. The maximum atomic E-state index is 11.8. The Hall–Kier alpha value is -2.47. The summed E-state index contributed by atoms with van der Waals surface area (Å²) in [7, 11) is -4.61. The molecule has 0 saturated heterocycles. The van der Waals surface area contributed by atoms with Gasteiger partial charge in [-0.1, -0.05) is 0 Å². The van der Waals surface area contributed by atoms with E-state index in [0.29, 0.717) is 6.20 Å². The minimum atomic E-state index is -4.61. The maximum absolute atomic E-state index is 11.8. The summed E-state index contributed by atoms with van der Waals surface area (Å²) in [6.45, 7) is 0. The first-order chi connectivity index (χ1) is 9.13. The maximum Gasteiger partial charge on any atom is 0.325 e. The summed E-state index contributed by atoms with van der Waals surface area (Å²) in [4.78, 5) is 45.8. The van der Waals surface area contributed by atoms with Gasteiger partial charge in [-0.15, -0.1) is 0 Å². The third-order valence-corrected chi connectivity index (χ3v) is 3.53. The highest BCUT2D eigenvalue weighted by Gasteiger charge is 2.29.